The van der Waals surface area contributed by atoms with Gasteiger partial charge in [0.15, 0.2) is 0 Å². The Morgan fingerprint density at radius 2 is 2.00 bits per heavy atom. The molecule has 0 saturated heterocycles. The van der Waals surface area contributed by atoms with Gasteiger partial charge >= 0.3 is 6.09 Å². The van der Waals surface area contributed by atoms with Gasteiger partial charge in [-0.2, -0.15) is 0 Å². The Hall–Kier alpha value is -1.56. The van der Waals surface area contributed by atoms with Crippen molar-refractivity contribution in [2.75, 3.05) is 13.1 Å². The van der Waals surface area contributed by atoms with E-state index in [4.69, 9.17) is 4.74 Å². The average Bonchev–Trinajstić information content (AvgIpc) is 2.89. The molecular weight excluding hydrogens is 280 g/mol. The number of amides is 1. The molecule has 6 nitrogen and oxygen atoms in total. The third-order valence-corrected chi connectivity index (χ3v) is 3.47. The number of nitrogens with one attached hydrogen (secondary N) is 3. The molecule has 3 N–H and O–H groups in total. The highest BCUT2D eigenvalue weighted by Gasteiger charge is 2.20. The van der Waals surface area contributed by atoms with Crippen LogP contribution in [0.25, 0.3) is 0 Å². The van der Waals surface area contributed by atoms with E-state index in [2.05, 4.69) is 41.4 Å². The minimum absolute atomic E-state index is 0.151. The molecule has 0 aromatic carbocycles. The fraction of sp³-hybridized carbons (Fsp3) is 0.750. The van der Waals surface area contributed by atoms with Crippen molar-refractivity contribution in [2.45, 2.75) is 53.2 Å². The normalized spacial score (nSPS) is 14.7. The zero-order valence-corrected chi connectivity index (χ0v) is 14.6. The molecule has 0 spiro atoms. The number of ether oxygens (including phenoxy) is 1. The van der Waals surface area contributed by atoms with E-state index in [-0.39, 0.29) is 12.1 Å². The molecule has 1 heterocycles. The van der Waals surface area contributed by atoms with E-state index in [0.717, 1.165) is 12.4 Å². The van der Waals surface area contributed by atoms with Gasteiger partial charge in [0.1, 0.15) is 11.4 Å². The lowest BCUT2D eigenvalue weighted by atomic mass is 9.95. The number of aromatic nitrogens is 2. The van der Waals surface area contributed by atoms with Gasteiger partial charge in [-0.1, -0.05) is 13.8 Å². The lowest BCUT2D eigenvalue weighted by Gasteiger charge is -2.25. The molecule has 1 aromatic rings. The topological polar surface area (TPSA) is 79.0 Å². The second kappa shape index (κ2) is 8.17. The lowest BCUT2D eigenvalue weighted by Crippen LogP contribution is -2.40. The van der Waals surface area contributed by atoms with Crippen LogP contribution in [0.15, 0.2) is 12.4 Å². The number of rotatable bonds is 7. The van der Waals surface area contributed by atoms with E-state index in [1.54, 1.807) is 6.20 Å². The molecule has 2 unspecified atom stereocenters. The molecule has 126 valence electrons. The van der Waals surface area contributed by atoms with E-state index in [1.165, 1.54) is 0 Å². The van der Waals surface area contributed by atoms with Crippen molar-refractivity contribution < 1.29 is 9.53 Å². The summed E-state index contributed by atoms with van der Waals surface area (Å²) in [5.41, 5.74) is -0.469. The first-order valence-corrected chi connectivity index (χ1v) is 7.88. The highest BCUT2D eigenvalue weighted by molar-refractivity contribution is 5.67. The molecule has 0 aliphatic carbocycles. The molecule has 1 aromatic heterocycles. The summed E-state index contributed by atoms with van der Waals surface area (Å²) in [5.74, 6) is 1.69. The molecule has 0 fully saturated rings. The highest BCUT2D eigenvalue weighted by Crippen LogP contribution is 2.13. The van der Waals surface area contributed by atoms with E-state index in [0.29, 0.717) is 18.4 Å². The minimum atomic E-state index is -0.469. The Morgan fingerprint density at radius 3 is 2.50 bits per heavy atom. The predicted octanol–water partition coefficient (Wildman–Crippen LogP) is 2.86. The van der Waals surface area contributed by atoms with Crippen LogP contribution in [-0.2, 0) is 4.74 Å². The van der Waals surface area contributed by atoms with Crippen LogP contribution in [0, 0.1) is 11.8 Å². The zero-order valence-electron chi connectivity index (χ0n) is 14.6. The van der Waals surface area contributed by atoms with Gasteiger partial charge in [0.25, 0.3) is 0 Å². The number of carbonyl (C=O) groups excluding carboxylic acids is 1. The molecule has 2 atom stereocenters. The van der Waals surface area contributed by atoms with Crippen LogP contribution in [0.5, 0.6) is 0 Å². The van der Waals surface area contributed by atoms with Crippen molar-refractivity contribution in [3.05, 3.63) is 18.2 Å². The largest absolute Gasteiger partial charge is 0.444 e. The number of imidazole rings is 1. The second-order valence-electron chi connectivity index (χ2n) is 6.99. The lowest BCUT2D eigenvalue weighted by molar-refractivity contribution is 0.0514. The first-order valence-electron chi connectivity index (χ1n) is 7.88. The van der Waals surface area contributed by atoms with Gasteiger partial charge < -0.3 is 20.4 Å². The van der Waals surface area contributed by atoms with Crippen molar-refractivity contribution in [3.8, 4) is 0 Å². The maximum atomic E-state index is 11.7. The third kappa shape index (κ3) is 6.93. The Labute approximate surface area is 133 Å². The van der Waals surface area contributed by atoms with Gasteiger partial charge in [0.05, 0.1) is 6.04 Å². The molecule has 1 amide bonds. The van der Waals surface area contributed by atoms with Gasteiger partial charge in [-0.25, -0.2) is 9.78 Å². The predicted molar refractivity (Wildman–Crippen MR) is 87.6 cm³/mol. The fourth-order valence-corrected chi connectivity index (χ4v) is 2.01. The van der Waals surface area contributed by atoms with Crippen LogP contribution in [0.4, 0.5) is 4.79 Å². The summed E-state index contributed by atoms with van der Waals surface area (Å²) >= 11 is 0. The summed E-state index contributed by atoms with van der Waals surface area (Å²) in [4.78, 5) is 19.1. The summed E-state index contributed by atoms with van der Waals surface area (Å²) in [6.45, 7) is 13.3. The van der Waals surface area contributed by atoms with E-state index >= 15 is 0 Å². The number of hydrogen-bond acceptors (Lipinski definition) is 4. The van der Waals surface area contributed by atoms with Gasteiger partial charge in [-0.3, -0.25) is 0 Å². The van der Waals surface area contributed by atoms with Crippen molar-refractivity contribution in [1.82, 2.24) is 20.6 Å². The monoisotopic (exact) mass is 310 g/mol. The van der Waals surface area contributed by atoms with Crippen LogP contribution < -0.4 is 10.6 Å². The van der Waals surface area contributed by atoms with Crippen LogP contribution in [0.2, 0.25) is 0 Å². The van der Waals surface area contributed by atoms with E-state index in [9.17, 15) is 4.79 Å². The molecule has 1 rings (SSSR count). The summed E-state index contributed by atoms with van der Waals surface area (Å²) in [5, 5.41) is 6.31. The van der Waals surface area contributed by atoms with Crippen molar-refractivity contribution in [3.63, 3.8) is 0 Å². The third-order valence-electron chi connectivity index (χ3n) is 3.47. The van der Waals surface area contributed by atoms with Gasteiger partial charge in [0, 0.05) is 25.5 Å². The van der Waals surface area contributed by atoms with Crippen LogP contribution in [0.1, 0.15) is 53.4 Å². The zero-order chi connectivity index (χ0) is 16.8. The molecule has 22 heavy (non-hydrogen) atoms. The Balaban J connectivity index is 2.40. The SMILES string of the molecule is CC(NCC(CNC(=O)OC(C)(C)C)C(C)C)c1ncc[nH]1. The number of carbonyl (C=O) groups is 1. The molecule has 0 bridgehead atoms. The van der Waals surface area contributed by atoms with Gasteiger partial charge in [-0.15, -0.1) is 0 Å². The maximum Gasteiger partial charge on any atom is 0.407 e. The average molecular weight is 310 g/mol. The van der Waals surface area contributed by atoms with Gasteiger partial charge in [0.2, 0.25) is 0 Å². The standard InChI is InChI=1S/C16H30N4O2/c1-11(2)13(10-20-15(21)22-16(4,5)6)9-19-12(3)14-17-7-8-18-14/h7-8,11-13,19H,9-10H2,1-6H3,(H,17,18)(H,20,21). The Bertz CT molecular complexity index is 437. The number of hydrogen-bond donors (Lipinski definition) is 3. The number of alkyl carbamates (subject to hydrolysis) is 1. The highest BCUT2D eigenvalue weighted by atomic mass is 16.6. The molecule has 0 aliphatic heterocycles. The van der Waals surface area contributed by atoms with Crippen LogP contribution >= 0.6 is 0 Å². The minimum Gasteiger partial charge on any atom is -0.444 e. The van der Waals surface area contributed by atoms with Gasteiger partial charge in [-0.05, 0) is 39.5 Å². The Kier molecular flexibility index (Phi) is 6.87. The number of nitrogens with zero attached hydrogens (tertiary/aromatic N) is 1. The summed E-state index contributed by atoms with van der Waals surface area (Å²) in [7, 11) is 0. The van der Waals surface area contributed by atoms with Crippen molar-refractivity contribution in [2.24, 2.45) is 11.8 Å². The first-order chi connectivity index (χ1) is 10.2. The van der Waals surface area contributed by atoms with Crippen LogP contribution in [-0.4, -0.2) is 34.8 Å². The molecule has 0 saturated carbocycles. The quantitative estimate of drug-likeness (QED) is 0.723. The molecular formula is C16H30N4O2. The van der Waals surface area contributed by atoms with Crippen molar-refractivity contribution in [1.29, 1.82) is 0 Å². The molecule has 0 aliphatic rings. The second-order valence-corrected chi connectivity index (χ2v) is 6.99. The Morgan fingerprint density at radius 1 is 1.32 bits per heavy atom. The van der Waals surface area contributed by atoms with Crippen molar-refractivity contribution >= 4 is 6.09 Å². The van der Waals surface area contributed by atoms with Crippen LogP contribution in [0.3, 0.4) is 0 Å². The first kappa shape index (κ1) is 18.5. The maximum absolute atomic E-state index is 11.7. The summed E-state index contributed by atoms with van der Waals surface area (Å²) in [6, 6.07) is 0.151. The summed E-state index contributed by atoms with van der Waals surface area (Å²) < 4.78 is 5.27. The van der Waals surface area contributed by atoms with E-state index in [1.807, 2.05) is 27.0 Å². The number of H-pyrrole nitrogens is 1. The molecule has 0 radical (unpaired) electrons. The smallest absolute Gasteiger partial charge is 0.407 e. The van der Waals surface area contributed by atoms with E-state index < -0.39 is 5.60 Å². The fourth-order valence-electron chi connectivity index (χ4n) is 2.01. The summed E-state index contributed by atoms with van der Waals surface area (Å²) in [6.07, 6.45) is 3.20. The molecule has 6 heteroatoms. The number of aromatic amines is 1.